The van der Waals surface area contributed by atoms with Crippen molar-refractivity contribution in [3.63, 3.8) is 0 Å². The molecule has 0 aliphatic heterocycles. The highest BCUT2D eigenvalue weighted by molar-refractivity contribution is 7.73. The van der Waals surface area contributed by atoms with Gasteiger partial charge in [-0.25, -0.2) is 0 Å². The summed E-state index contributed by atoms with van der Waals surface area (Å²) in [5, 5.41) is 1.98. The van der Waals surface area contributed by atoms with Crippen LogP contribution < -0.4 is 0 Å². The quantitative estimate of drug-likeness (QED) is 0.688. The number of rotatable bonds is 1. The largest absolute Gasteiger partial charge is 0.472 e. The molecule has 56 valence electrons. The van der Waals surface area contributed by atoms with E-state index in [2.05, 4.69) is 4.98 Å². The molecule has 0 aliphatic carbocycles. The molecule has 2 aromatic rings. The van der Waals surface area contributed by atoms with Gasteiger partial charge in [0.25, 0.3) is 0 Å². The highest BCUT2D eigenvalue weighted by Crippen LogP contribution is 2.19. The lowest BCUT2D eigenvalue weighted by Crippen LogP contribution is -1.69. The number of H-pyrrole nitrogens is 1. The standard InChI is InChI=1S/C7H5NOS2/c10-7-8-6(4-11-7)5-1-2-9-3-5/h1-4H,(H,8,10). The maximum absolute atomic E-state index is 4.94. The summed E-state index contributed by atoms with van der Waals surface area (Å²) in [5.74, 6) is 0. The van der Waals surface area contributed by atoms with Crippen molar-refractivity contribution >= 4 is 23.6 Å². The smallest absolute Gasteiger partial charge is 0.158 e. The summed E-state index contributed by atoms with van der Waals surface area (Å²) < 4.78 is 5.72. The number of hydrogen-bond donors (Lipinski definition) is 1. The van der Waals surface area contributed by atoms with Crippen molar-refractivity contribution in [1.29, 1.82) is 0 Å². The molecule has 2 aromatic heterocycles. The Balaban J connectivity index is 2.53. The number of furan rings is 1. The van der Waals surface area contributed by atoms with Gasteiger partial charge in [-0.15, -0.1) is 11.3 Å². The maximum atomic E-state index is 4.94. The molecule has 0 spiro atoms. The van der Waals surface area contributed by atoms with Gasteiger partial charge >= 0.3 is 0 Å². The van der Waals surface area contributed by atoms with Crippen molar-refractivity contribution in [2.24, 2.45) is 0 Å². The Morgan fingerprint density at radius 1 is 1.55 bits per heavy atom. The summed E-state index contributed by atoms with van der Waals surface area (Å²) in [6.45, 7) is 0. The first-order chi connectivity index (χ1) is 5.36. The molecule has 0 saturated heterocycles. The van der Waals surface area contributed by atoms with Gasteiger partial charge in [0.15, 0.2) is 3.95 Å². The van der Waals surface area contributed by atoms with Crippen LogP contribution in [0.3, 0.4) is 0 Å². The van der Waals surface area contributed by atoms with Gasteiger partial charge in [0.05, 0.1) is 18.2 Å². The van der Waals surface area contributed by atoms with Crippen molar-refractivity contribution < 1.29 is 4.42 Å². The Hall–Kier alpha value is -0.870. The van der Waals surface area contributed by atoms with Gasteiger partial charge in [-0.2, -0.15) is 0 Å². The molecule has 0 fully saturated rings. The van der Waals surface area contributed by atoms with Crippen molar-refractivity contribution in [3.8, 4) is 11.3 Å². The van der Waals surface area contributed by atoms with Crippen LogP contribution in [0.25, 0.3) is 11.3 Å². The fraction of sp³-hybridized carbons (Fsp3) is 0. The normalized spacial score (nSPS) is 10.2. The van der Waals surface area contributed by atoms with E-state index in [9.17, 15) is 0 Å². The minimum Gasteiger partial charge on any atom is -0.472 e. The van der Waals surface area contributed by atoms with Crippen LogP contribution in [0.15, 0.2) is 28.4 Å². The van der Waals surface area contributed by atoms with E-state index in [0.717, 1.165) is 15.2 Å². The molecule has 0 radical (unpaired) electrons. The van der Waals surface area contributed by atoms with Crippen LogP contribution in [0.4, 0.5) is 0 Å². The van der Waals surface area contributed by atoms with E-state index in [0.29, 0.717) is 0 Å². The second-order valence-corrected chi connectivity index (χ2v) is 3.62. The van der Waals surface area contributed by atoms with Gasteiger partial charge in [0.2, 0.25) is 0 Å². The van der Waals surface area contributed by atoms with Crippen molar-refractivity contribution in [1.82, 2.24) is 4.98 Å². The van der Waals surface area contributed by atoms with Crippen LogP contribution in [-0.4, -0.2) is 4.98 Å². The summed E-state index contributed by atoms with van der Waals surface area (Å²) in [7, 11) is 0. The lowest BCUT2D eigenvalue weighted by Gasteiger charge is -1.85. The zero-order valence-corrected chi connectivity index (χ0v) is 7.17. The fourth-order valence-corrected chi connectivity index (χ4v) is 1.68. The van der Waals surface area contributed by atoms with Crippen molar-refractivity contribution in [3.05, 3.63) is 27.9 Å². The zero-order chi connectivity index (χ0) is 7.68. The molecule has 2 rings (SSSR count). The minimum atomic E-state index is 0.793. The average molecular weight is 183 g/mol. The molecule has 0 aromatic carbocycles. The molecule has 2 nitrogen and oxygen atoms in total. The van der Waals surface area contributed by atoms with Gasteiger partial charge in [0, 0.05) is 10.9 Å². The van der Waals surface area contributed by atoms with Gasteiger partial charge < -0.3 is 9.40 Å². The predicted molar refractivity (Wildman–Crippen MR) is 47.2 cm³/mol. The Bertz CT molecular complexity index is 384. The highest BCUT2D eigenvalue weighted by atomic mass is 32.1. The Morgan fingerprint density at radius 2 is 2.45 bits per heavy atom. The summed E-state index contributed by atoms with van der Waals surface area (Å²) in [5.41, 5.74) is 2.06. The number of aromatic nitrogens is 1. The number of aromatic amines is 1. The van der Waals surface area contributed by atoms with Gasteiger partial charge in [-0.3, -0.25) is 0 Å². The van der Waals surface area contributed by atoms with Crippen LogP contribution in [-0.2, 0) is 0 Å². The van der Waals surface area contributed by atoms with Crippen LogP contribution in [0.2, 0.25) is 0 Å². The lowest BCUT2D eigenvalue weighted by molar-refractivity contribution is 0.568. The lowest BCUT2D eigenvalue weighted by atomic mass is 10.3. The molecule has 4 heteroatoms. The van der Waals surface area contributed by atoms with Gasteiger partial charge in [-0.05, 0) is 18.3 Å². The molecular formula is C7H5NOS2. The van der Waals surface area contributed by atoms with Crippen LogP contribution in [0.5, 0.6) is 0 Å². The predicted octanol–water partition coefficient (Wildman–Crippen LogP) is 3.07. The third kappa shape index (κ3) is 1.27. The molecule has 0 unspecified atom stereocenters. The van der Waals surface area contributed by atoms with Gasteiger partial charge in [-0.1, -0.05) is 0 Å². The van der Waals surface area contributed by atoms with Crippen LogP contribution >= 0.6 is 23.6 Å². The third-order valence-corrected chi connectivity index (χ3v) is 2.41. The summed E-state index contributed by atoms with van der Waals surface area (Å²) in [6.07, 6.45) is 3.33. The molecule has 2 heterocycles. The SMILES string of the molecule is S=c1[nH]c(-c2ccoc2)cs1. The van der Waals surface area contributed by atoms with Crippen molar-refractivity contribution in [2.75, 3.05) is 0 Å². The van der Waals surface area contributed by atoms with E-state index >= 15 is 0 Å². The van der Waals surface area contributed by atoms with Crippen molar-refractivity contribution in [2.45, 2.75) is 0 Å². The molecule has 0 bridgehead atoms. The number of nitrogens with one attached hydrogen (secondary N) is 1. The second kappa shape index (κ2) is 2.64. The van der Waals surface area contributed by atoms with E-state index in [1.807, 2.05) is 11.4 Å². The van der Waals surface area contributed by atoms with Crippen LogP contribution in [0.1, 0.15) is 0 Å². The molecule has 0 saturated carbocycles. The number of thiazole rings is 1. The first-order valence-corrected chi connectivity index (χ1v) is 4.35. The van der Waals surface area contributed by atoms with E-state index in [4.69, 9.17) is 16.6 Å². The molecule has 1 N–H and O–H groups in total. The Morgan fingerprint density at radius 3 is 3.00 bits per heavy atom. The minimum absolute atomic E-state index is 0.793. The molecule has 0 atom stereocenters. The monoisotopic (exact) mass is 183 g/mol. The highest BCUT2D eigenvalue weighted by Gasteiger charge is 1.98. The maximum Gasteiger partial charge on any atom is 0.158 e. The van der Waals surface area contributed by atoms with E-state index < -0.39 is 0 Å². The van der Waals surface area contributed by atoms with E-state index in [1.165, 1.54) is 11.3 Å². The summed E-state index contributed by atoms with van der Waals surface area (Å²) in [4.78, 5) is 3.05. The second-order valence-electron chi connectivity index (χ2n) is 2.07. The van der Waals surface area contributed by atoms with E-state index in [-0.39, 0.29) is 0 Å². The number of hydrogen-bond acceptors (Lipinski definition) is 3. The van der Waals surface area contributed by atoms with Gasteiger partial charge in [0.1, 0.15) is 0 Å². The Labute approximate surface area is 72.5 Å². The average Bonchev–Trinajstić information content (AvgIpc) is 2.55. The summed E-state index contributed by atoms with van der Waals surface area (Å²) >= 11 is 6.46. The molecule has 0 amide bonds. The van der Waals surface area contributed by atoms with Crippen LogP contribution in [0, 0.1) is 3.95 Å². The first-order valence-electron chi connectivity index (χ1n) is 3.06. The molecule has 0 aliphatic rings. The fourth-order valence-electron chi connectivity index (χ4n) is 0.839. The Kier molecular flexibility index (Phi) is 1.63. The zero-order valence-electron chi connectivity index (χ0n) is 5.53. The molecular weight excluding hydrogens is 178 g/mol. The first kappa shape index (κ1) is 6.82. The third-order valence-electron chi connectivity index (χ3n) is 1.35. The summed E-state index contributed by atoms with van der Waals surface area (Å²) in [6, 6.07) is 1.90. The molecule has 11 heavy (non-hydrogen) atoms. The van der Waals surface area contributed by atoms with E-state index in [1.54, 1.807) is 12.5 Å². The topological polar surface area (TPSA) is 28.9 Å².